The first-order chi connectivity index (χ1) is 12.5. The third-order valence-electron chi connectivity index (χ3n) is 4.81. The minimum Gasteiger partial charge on any atom is -0.349 e. The molecule has 1 aliphatic rings. The number of benzene rings is 2. The molecule has 0 aromatic heterocycles. The van der Waals surface area contributed by atoms with Crippen LogP contribution in [0, 0.1) is 12.8 Å². The Balaban J connectivity index is 1.70. The maximum Gasteiger partial charge on any atom is 0.251 e. The standard InChI is InChI=1S/C21H25N3O2/c1-13-8-9-16(21(26)23-17-10-11-17)12-18(13)24-20(25)14(2)19(22)15-6-4-3-5-7-15/h3-9,12,14,17,19H,10-11,22H2,1-2H3,(H,23,26)(H,24,25). The summed E-state index contributed by atoms with van der Waals surface area (Å²) in [5.41, 5.74) is 9.27. The van der Waals surface area contributed by atoms with E-state index in [0.717, 1.165) is 24.0 Å². The van der Waals surface area contributed by atoms with Crippen molar-refractivity contribution in [3.63, 3.8) is 0 Å². The molecule has 26 heavy (non-hydrogen) atoms. The lowest BCUT2D eigenvalue weighted by Crippen LogP contribution is -2.31. The molecule has 2 aromatic rings. The van der Waals surface area contributed by atoms with Gasteiger partial charge in [0.15, 0.2) is 0 Å². The lowest BCUT2D eigenvalue weighted by molar-refractivity contribution is -0.120. The van der Waals surface area contributed by atoms with Crippen molar-refractivity contribution in [3.8, 4) is 0 Å². The normalized spacial score (nSPS) is 15.8. The van der Waals surface area contributed by atoms with Crippen molar-refractivity contribution in [3.05, 3.63) is 65.2 Å². The molecule has 1 aliphatic carbocycles. The molecule has 0 radical (unpaired) electrons. The van der Waals surface area contributed by atoms with Crippen LogP contribution in [-0.4, -0.2) is 17.9 Å². The van der Waals surface area contributed by atoms with Gasteiger partial charge in [-0.25, -0.2) is 0 Å². The summed E-state index contributed by atoms with van der Waals surface area (Å²) in [5, 5.41) is 5.89. The maximum absolute atomic E-state index is 12.7. The van der Waals surface area contributed by atoms with Crippen molar-refractivity contribution in [2.75, 3.05) is 5.32 Å². The Kier molecular flexibility index (Phi) is 5.38. The van der Waals surface area contributed by atoms with Crippen LogP contribution in [0.5, 0.6) is 0 Å². The Labute approximate surface area is 154 Å². The van der Waals surface area contributed by atoms with Gasteiger partial charge in [0.1, 0.15) is 0 Å². The lowest BCUT2D eigenvalue weighted by Gasteiger charge is -2.20. The summed E-state index contributed by atoms with van der Waals surface area (Å²) in [6, 6.07) is 14.8. The maximum atomic E-state index is 12.7. The number of hydrogen-bond acceptors (Lipinski definition) is 3. The van der Waals surface area contributed by atoms with Crippen molar-refractivity contribution < 1.29 is 9.59 Å². The van der Waals surface area contributed by atoms with Gasteiger partial charge in [-0.3, -0.25) is 9.59 Å². The number of amides is 2. The molecule has 1 fully saturated rings. The molecule has 5 nitrogen and oxygen atoms in total. The van der Waals surface area contributed by atoms with E-state index in [1.54, 1.807) is 12.1 Å². The second-order valence-corrected chi connectivity index (χ2v) is 6.99. The van der Waals surface area contributed by atoms with Gasteiger partial charge in [-0.05, 0) is 43.0 Å². The van der Waals surface area contributed by atoms with E-state index < -0.39 is 12.0 Å². The van der Waals surface area contributed by atoms with E-state index in [1.807, 2.05) is 50.2 Å². The highest BCUT2D eigenvalue weighted by molar-refractivity contribution is 5.98. The van der Waals surface area contributed by atoms with Gasteiger partial charge in [0, 0.05) is 23.3 Å². The van der Waals surface area contributed by atoms with Crippen molar-refractivity contribution in [1.29, 1.82) is 0 Å². The summed E-state index contributed by atoms with van der Waals surface area (Å²) in [4.78, 5) is 24.9. The molecule has 1 saturated carbocycles. The number of nitrogens with two attached hydrogens (primary N) is 1. The molecule has 0 saturated heterocycles. The minimum atomic E-state index is -0.402. The van der Waals surface area contributed by atoms with Gasteiger partial charge < -0.3 is 16.4 Å². The fourth-order valence-corrected chi connectivity index (χ4v) is 2.77. The summed E-state index contributed by atoms with van der Waals surface area (Å²) in [5.74, 6) is -0.665. The molecule has 4 N–H and O–H groups in total. The Hall–Kier alpha value is -2.66. The minimum absolute atomic E-state index is 0.1000. The van der Waals surface area contributed by atoms with Crippen LogP contribution in [0.1, 0.15) is 47.3 Å². The van der Waals surface area contributed by atoms with Gasteiger partial charge in [0.25, 0.3) is 5.91 Å². The Bertz CT molecular complexity index is 800. The van der Waals surface area contributed by atoms with Gasteiger partial charge >= 0.3 is 0 Å². The monoisotopic (exact) mass is 351 g/mol. The van der Waals surface area contributed by atoms with E-state index in [2.05, 4.69) is 10.6 Å². The molecule has 136 valence electrons. The molecular weight excluding hydrogens is 326 g/mol. The summed E-state index contributed by atoms with van der Waals surface area (Å²) in [6.45, 7) is 3.71. The molecule has 5 heteroatoms. The van der Waals surface area contributed by atoms with Crippen molar-refractivity contribution in [2.24, 2.45) is 11.7 Å². The third-order valence-corrected chi connectivity index (χ3v) is 4.81. The fraction of sp³-hybridized carbons (Fsp3) is 0.333. The number of carbonyl (C=O) groups is 2. The molecule has 0 aliphatic heterocycles. The van der Waals surface area contributed by atoms with Crippen LogP contribution in [-0.2, 0) is 4.79 Å². The number of aryl methyl sites for hydroxylation is 1. The zero-order valence-electron chi connectivity index (χ0n) is 15.2. The number of carbonyl (C=O) groups excluding carboxylic acids is 2. The van der Waals surface area contributed by atoms with E-state index in [-0.39, 0.29) is 11.8 Å². The Morgan fingerprint density at radius 3 is 2.46 bits per heavy atom. The largest absolute Gasteiger partial charge is 0.349 e. The van der Waals surface area contributed by atoms with Gasteiger partial charge in [-0.1, -0.05) is 43.3 Å². The van der Waals surface area contributed by atoms with Crippen LogP contribution >= 0.6 is 0 Å². The molecule has 0 spiro atoms. The summed E-state index contributed by atoms with van der Waals surface area (Å²) in [7, 11) is 0. The third kappa shape index (κ3) is 4.29. The summed E-state index contributed by atoms with van der Waals surface area (Å²) < 4.78 is 0. The fourth-order valence-electron chi connectivity index (χ4n) is 2.77. The second-order valence-electron chi connectivity index (χ2n) is 6.99. The zero-order valence-corrected chi connectivity index (χ0v) is 15.2. The average molecular weight is 351 g/mol. The number of anilines is 1. The van der Waals surface area contributed by atoms with E-state index >= 15 is 0 Å². The van der Waals surface area contributed by atoms with E-state index in [4.69, 9.17) is 5.73 Å². The van der Waals surface area contributed by atoms with E-state index in [0.29, 0.717) is 17.3 Å². The van der Waals surface area contributed by atoms with Crippen molar-refractivity contribution >= 4 is 17.5 Å². The molecule has 2 unspecified atom stereocenters. The van der Waals surface area contributed by atoms with Crippen LogP contribution < -0.4 is 16.4 Å². The number of nitrogens with one attached hydrogen (secondary N) is 2. The Morgan fingerprint density at radius 1 is 1.12 bits per heavy atom. The van der Waals surface area contributed by atoms with Gasteiger partial charge in [-0.15, -0.1) is 0 Å². The quantitative estimate of drug-likeness (QED) is 0.747. The predicted molar refractivity (Wildman–Crippen MR) is 103 cm³/mol. The first-order valence-corrected chi connectivity index (χ1v) is 8.98. The van der Waals surface area contributed by atoms with Crippen LogP contribution in [0.4, 0.5) is 5.69 Å². The van der Waals surface area contributed by atoms with Crippen molar-refractivity contribution in [2.45, 2.75) is 38.8 Å². The van der Waals surface area contributed by atoms with Crippen molar-refractivity contribution in [1.82, 2.24) is 5.32 Å². The molecule has 0 bridgehead atoms. The highest BCUT2D eigenvalue weighted by atomic mass is 16.2. The first kappa shape index (κ1) is 18.1. The van der Waals surface area contributed by atoms with Gasteiger partial charge in [0.05, 0.1) is 5.92 Å². The van der Waals surface area contributed by atoms with Gasteiger partial charge in [0.2, 0.25) is 5.91 Å². The van der Waals surface area contributed by atoms with Crippen LogP contribution in [0.25, 0.3) is 0 Å². The molecule has 3 rings (SSSR count). The number of rotatable bonds is 6. The summed E-state index contributed by atoms with van der Waals surface area (Å²) >= 11 is 0. The average Bonchev–Trinajstić information content (AvgIpc) is 3.46. The predicted octanol–water partition coefficient (Wildman–Crippen LogP) is 3.16. The van der Waals surface area contributed by atoms with Crippen LogP contribution in [0.2, 0.25) is 0 Å². The van der Waals surface area contributed by atoms with E-state index in [1.165, 1.54) is 0 Å². The second kappa shape index (κ2) is 7.70. The SMILES string of the molecule is Cc1ccc(C(=O)NC2CC2)cc1NC(=O)C(C)C(N)c1ccccc1. The lowest BCUT2D eigenvalue weighted by atomic mass is 9.94. The molecule has 2 amide bonds. The Morgan fingerprint density at radius 2 is 1.81 bits per heavy atom. The highest BCUT2D eigenvalue weighted by Gasteiger charge is 2.25. The highest BCUT2D eigenvalue weighted by Crippen LogP contribution is 2.24. The summed E-state index contributed by atoms with van der Waals surface area (Å²) in [6.07, 6.45) is 2.08. The number of hydrogen-bond donors (Lipinski definition) is 3. The van der Waals surface area contributed by atoms with Crippen LogP contribution in [0.3, 0.4) is 0 Å². The smallest absolute Gasteiger partial charge is 0.251 e. The molecule has 0 heterocycles. The molecule has 2 atom stereocenters. The zero-order chi connectivity index (χ0) is 18.7. The van der Waals surface area contributed by atoms with Gasteiger partial charge in [-0.2, -0.15) is 0 Å². The topological polar surface area (TPSA) is 84.2 Å². The molecular formula is C21H25N3O2. The molecule has 2 aromatic carbocycles. The van der Waals surface area contributed by atoms with E-state index in [9.17, 15) is 9.59 Å². The van der Waals surface area contributed by atoms with Crippen LogP contribution in [0.15, 0.2) is 48.5 Å². The first-order valence-electron chi connectivity index (χ1n) is 8.98.